The maximum atomic E-state index is 12.5. The van der Waals surface area contributed by atoms with Gasteiger partial charge >= 0.3 is 5.97 Å². The fourth-order valence-corrected chi connectivity index (χ4v) is 3.02. The number of halogens is 1. The van der Waals surface area contributed by atoms with Crippen molar-refractivity contribution in [2.45, 2.75) is 13.8 Å². The van der Waals surface area contributed by atoms with Gasteiger partial charge in [0.2, 0.25) is 0 Å². The molecule has 1 N–H and O–H groups in total. The fourth-order valence-electron chi connectivity index (χ4n) is 2.83. The first-order valence-corrected chi connectivity index (χ1v) is 10.7. The predicted octanol–water partition coefficient (Wildman–Crippen LogP) is 5.12. The molecule has 0 radical (unpaired) electrons. The average molecular weight is 467 g/mol. The van der Waals surface area contributed by atoms with Gasteiger partial charge in [0.1, 0.15) is 5.75 Å². The van der Waals surface area contributed by atoms with Crippen LogP contribution in [0.5, 0.6) is 17.2 Å². The lowest BCUT2D eigenvalue weighted by Crippen LogP contribution is -2.17. The standard InChI is InChI=1S/C25H23ClN2O5/c1-3-31-21-11-9-18(10-12-21)25(30)33-22-13-8-17(14-23(22)32-4-2)16-27-28-24(29)19-6-5-7-20(26)15-19/h5-16H,3-4H2,1-2H3,(H,28,29). The number of carbonyl (C=O) groups is 2. The van der Waals surface area contributed by atoms with E-state index in [1.165, 1.54) is 6.21 Å². The van der Waals surface area contributed by atoms with Gasteiger partial charge in [-0.2, -0.15) is 5.10 Å². The smallest absolute Gasteiger partial charge is 0.343 e. The van der Waals surface area contributed by atoms with Crippen LogP contribution in [0.1, 0.15) is 40.1 Å². The molecule has 0 aliphatic heterocycles. The normalized spacial score (nSPS) is 10.6. The van der Waals surface area contributed by atoms with Crippen LogP contribution in [0.3, 0.4) is 0 Å². The molecule has 170 valence electrons. The number of nitrogens with zero attached hydrogens (tertiary/aromatic N) is 1. The van der Waals surface area contributed by atoms with Crippen LogP contribution < -0.4 is 19.6 Å². The number of hydrogen-bond donors (Lipinski definition) is 1. The summed E-state index contributed by atoms with van der Waals surface area (Å²) in [5.41, 5.74) is 3.87. The van der Waals surface area contributed by atoms with Crippen molar-refractivity contribution >= 4 is 29.7 Å². The number of ether oxygens (including phenoxy) is 3. The van der Waals surface area contributed by atoms with Crippen LogP contribution in [0.15, 0.2) is 71.8 Å². The van der Waals surface area contributed by atoms with Crippen LogP contribution in [-0.2, 0) is 0 Å². The van der Waals surface area contributed by atoms with Crippen molar-refractivity contribution < 1.29 is 23.8 Å². The third kappa shape index (κ3) is 6.82. The van der Waals surface area contributed by atoms with E-state index in [1.807, 2.05) is 13.8 Å². The number of hydrogen-bond acceptors (Lipinski definition) is 6. The molecular weight excluding hydrogens is 444 g/mol. The van der Waals surface area contributed by atoms with E-state index in [0.717, 1.165) is 0 Å². The summed E-state index contributed by atoms with van der Waals surface area (Å²) in [6.07, 6.45) is 1.46. The van der Waals surface area contributed by atoms with Gasteiger partial charge in [0.05, 0.1) is 25.0 Å². The summed E-state index contributed by atoms with van der Waals surface area (Å²) in [6, 6.07) is 18.2. The van der Waals surface area contributed by atoms with Gasteiger partial charge in [0.15, 0.2) is 11.5 Å². The van der Waals surface area contributed by atoms with Gasteiger partial charge in [-0.25, -0.2) is 10.2 Å². The van der Waals surface area contributed by atoms with Crippen molar-refractivity contribution in [1.82, 2.24) is 5.43 Å². The van der Waals surface area contributed by atoms with Crippen molar-refractivity contribution in [3.05, 3.63) is 88.4 Å². The number of nitrogens with one attached hydrogen (secondary N) is 1. The van der Waals surface area contributed by atoms with Gasteiger partial charge in [-0.05, 0) is 80.1 Å². The van der Waals surface area contributed by atoms with Gasteiger partial charge in [-0.1, -0.05) is 17.7 Å². The van der Waals surface area contributed by atoms with Crippen molar-refractivity contribution in [2.24, 2.45) is 5.10 Å². The lowest BCUT2D eigenvalue weighted by molar-refractivity contribution is 0.0728. The van der Waals surface area contributed by atoms with E-state index < -0.39 is 5.97 Å². The first-order valence-electron chi connectivity index (χ1n) is 10.3. The number of amides is 1. The van der Waals surface area contributed by atoms with Crippen LogP contribution in [0, 0.1) is 0 Å². The second-order valence-electron chi connectivity index (χ2n) is 6.70. The summed E-state index contributed by atoms with van der Waals surface area (Å²) in [4.78, 5) is 24.7. The largest absolute Gasteiger partial charge is 0.494 e. The highest BCUT2D eigenvalue weighted by molar-refractivity contribution is 6.30. The van der Waals surface area contributed by atoms with Crippen LogP contribution in [0.4, 0.5) is 0 Å². The Kier molecular flexibility index (Phi) is 8.43. The lowest BCUT2D eigenvalue weighted by atomic mass is 10.2. The van der Waals surface area contributed by atoms with Gasteiger partial charge in [-0.3, -0.25) is 4.79 Å². The molecule has 0 fully saturated rings. The highest BCUT2D eigenvalue weighted by Gasteiger charge is 2.13. The number of benzene rings is 3. The zero-order chi connectivity index (χ0) is 23.6. The Labute approximate surface area is 196 Å². The molecule has 0 heterocycles. The van der Waals surface area contributed by atoms with E-state index >= 15 is 0 Å². The van der Waals surface area contributed by atoms with E-state index in [4.69, 9.17) is 25.8 Å². The first-order chi connectivity index (χ1) is 16.0. The summed E-state index contributed by atoms with van der Waals surface area (Å²) in [5.74, 6) is 0.418. The maximum absolute atomic E-state index is 12.5. The quantitative estimate of drug-likeness (QED) is 0.205. The molecule has 0 atom stereocenters. The van der Waals surface area contributed by atoms with Crippen LogP contribution in [0.25, 0.3) is 0 Å². The summed E-state index contributed by atoms with van der Waals surface area (Å²) >= 11 is 5.90. The SMILES string of the molecule is CCOc1ccc(C(=O)Oc2ccc(C=NNC(=O)c3cccc(Cl)c3)cc2OCC)cc1. The summed E-state index contributed by atoms with van der Waals surface area (Å²) in [5, 5.41) is 4.43. The van der Waals surface area contributed by atoms with Gasteiger partial charge in [0, 0.05) is 10.6 Å². The second-order valence-corrected chi connectivity index (χ2v) is 7.13. The van der Waals surface area contributed by atoms with E-state index in [2.05, 4.69) is 10.5 Å². The zero-order valence-electron chi connectivity index (χ0n) is 18.2. The van der Waals surface area contributed by atoms with Crippen molar-refractivity contribution in [3.63, 3.8) is 0 Å². The van der Waals surface area contributed by atoms with Gasteiger partial charge < -0.3 is 14.2 Å². The molecule has 7 nitrogen and oxygen atoms in total. The minimum absolute atomic E-state index is 0.274. The molecule has 3 aromatic rings. The maximum Gasteiger partial charge on any atom is 0.343 e. The molecule has 3 rings (SSSR count). The Morgan fingerprint density at radius 3 is 2.36 bits per heavy atom. The third-order valence-electron chi connectivity index (χ3n) is 4.34. The fraction of sp³-hybridized carbons (Fsp3) is 0.160. The van der Waals surface area contributed by atoms with Crippen LogP contribution >= 0.6 is 11.6 Å². The Morgan fingerprint density at radius 2 is 1.67 bits per heavy atom. The number of hydrazone groups is 1. The molecule has 33 heavy (non-hydrogen) atoms. The summed E-state index contributed by atoms with van der Waals surface area (Å²) in [7, 11) is 0. The topological polar surface area (TPSA) is 86.2 Å². The minimum atomic E-state index is -0.519. The van der Waals surface area contributed by atoms with Gasteiger partial charge in [-0.15, -0.1) is 0 Å². The Balaban J connectivity index is 1.68. The Bertz CT molecular complexity index is 1150. The number of esters is 1. The van der Waals surface area contributed by atoms with Crippen LogP contribution in [-0.4, -0.2) is 31.3 Å². The van der Waals surface area contributed by atoms with E-state index in [9.17, 15) is 9.59 Å². The molecule has 0 aromatic heterocycles. The molecule has 0 saturated heterocycles. The molecule has 1 amide bonds. The summed E-state index contributed by atoms with van der Waals surface area (Å²) < 4.78 is 16.5. The predicted molar refractivity (Wildman–Crippen MR) is 127 cm³/mol. The molecule has 0 bridgehead atoms. The molecule has 8 heteroatoms. The minimum Gasteiger partial charge on any atom is -0.494 e. The molecule has 0 aliphatic carbocycles. The molecular formula is C25H23ClN2O5. The average Bonchev–Trinajstić information content (AvgIpc) is 2.81. The monoisotopic (exact) mass is 466 g/mol. The van der Waals surface area contributed by atoms with Gasteiger partial charge in [0.25, 0.3) is 5.91 Å². The molecule has 0 spiro atoms. The number of rotatable bonds is 9. The molecule has 0 unspecified atom stereocenters. The van der Waals surface area contributed by atoms with Crippen molar-refractivity contribution in [1.29, 1.82) is 0 Å². The van der Waals surface area contributed by atoms with Crippen molar-refractivity contribution in [3.8, 4) is 17.2 Å². The van der Waals surface area contributed by atoms with Crippen LogP contribution in [0.2, 0.25) is 5.02 Å². The zero-order valence-corrected chi connectivity index (χ0v) is 19.0. The van der Waals surface area contributed by atoms with Crippen molar-refractivity contribution in [2.75, 3.05) is 13.2 Å². The van der Waals surface area contributed by atoms with E-state index in [1.54, 1.807) is 66.7 Å². The highest BCUT2D eigenvalue weighted by Crippen LogP contribution is 2.29. The molecule has 3 aromatic carbocycles. The van der Waals surface area contributed by atoms with E-state index in [0.29, 0.717) is 46.4 Å². The second kappa shape index (κ2) is 11.7. The third-order valence-corrected chi connectivity index (χ3v) is 4.57. The summed E-state index contributed by atoms with van der Waals surface area (Å²) in [6.45, 7) is 4.63. The lowest BCUT2D eigenvalue weighted by Gasteiger charge is -2.11. The molecule has 0 aliphatic rings. The van der Waals surface area contributed by atoms with E-state index in [-0.39, 0.29) is 11.7 Å². The Morgan fingerprint density at radius 1 is 0.909 bits per heavy atom. The number of carbonyl (C=O) groups excluding carboxylic acids is 2. The highest BCUT2D eigenvalue weighted by atomic mass is 35.5. The molecule has 0 saturated carbocycles. The Hall–Kier alpha value is -3.84. The first kappa shape index (κ1) is 23.8.